The van der Waals surface area contributed by atoms with Gasteiger partial charge in [0.05, 0.1) is 0 Å². The second-order valence-electron chi connectivity index (χ2n) is 2.55. The molecule has 0 aromatic heterocycles. The standard InChI is InChI=1S/C6H10O8.Ca.2H/c7-1(3(9)5(11)12)2(8)4(10)6(13)14;;;/h1-4,7-10H,(H,11,12)(H,13,14);;;/t1-,2-,3-,4+;;;/m0.../s1. The fourth-order valence-corrected chi connectivity index (χ4v) is 0.666. The average Bonchev–Trinajstić information content (AvgIpc) is 2.12. The summed E-state index contributed by atoms with van der Waals surface area (Å²) < 4.78 is 0. The van der Waals surface area contributed by atoms with Gasteiger partial charge in [0.1, 0.15) is 12.2 Å². The molecule has 0 saturated carbocycles. The zero-order chi connectivity index (χ0) is 11.5. The van der Waals surface area contributed by atoms with E-state index >= 15 is 0 Å². The Morgan fingerprint density at radius 1 is 0.733 bits per heavy atom. The molecule has 0 amide bonds. The van der Waals surface area contributed by atoms with Crippen molar-refractivity contribution in [1.29, 1.82) is 0 Å². The van der Waals surface area contributed by atoms with Crippen LogP contribution in [-0.2, 0) is 9.59 Å². The molecular formula is C6H12CaO8. The number of hydrogen-bond acceptors (Lipinski definition) is 6. The third kappa shape index (κ3) is 5.07. The summed E-state index contributed by atoms with van der Waals surface area (Å²) in [5, 5.41) is 51.5. The van der Waals surface area contributed by atoms with E-state index in [1.807, 2.05) is 0 Å². The van der Waals surface area contributed by atoms with Crippen LogP contribution in [-0.4, -0.2) is 105 Å². The normalized spacial score (nSPS) is 18.1. The van der Waals surface area contributed by atoms with Gasteiger partial charge in [0.2, 0.25) is 0 Å². The monoisotopic (exact) mass is 252 g/mol. The van der Waals surface area contributed by atoms with Crippen molar-refractivity contribution in [3.63, 3.8) is 0 Å². The molecule has 0 aromatic carbocycles. The first-order chi connectivity index (χ1) is 6.29. The molecular weight excluding hydrogens is 240 g/mol. The van der Waals surface area contributed by atoms with Crippen molar-refractivity contribution in [3.8, 4) is 0 Å². The number of carboxylic acids is 2. The second kappa shape index (κ2) is 7.34. The summed E-state index contributed by atoms with van der Waals surface area (Å²) in [6.45, 7) is 0. The van der Waals surface area contributed by atoms with E-state index in [1.54, 1.807) is 0 Å². The third-order valence-electron chi connectivity index (χ3n) is 1.50. The Bertz CT molecular complexity index is 207. The molecule has 4 atom stereocenters. The Kier molecular flexibility index (Phi) is 8.53. The van der Waals surface area contributed by atoms with Crippen molar-refractivity contribution in [1.82, 2.24) is 0 Å². The molecule has 9 heteroatoms. The van der Waals surface area contributed by atoms with E-state index in [0.717, 1.165) is 0 Å². The van der Waals surface area contributed by atoms with Crippen LogP contribution in [0.15, 0.2) is 0 Å². The van der Waals surface area contributed by atoms with Crippen LogP contribution < -0.4 is 0 Å². The van der Waals surface area contributed by atoms with Gasteiger partial charge in [-0.2, -0.15) is 0 Å². The molecule has 6 N–H and O–H groups in total. The fourth-order valence-electron chi connectivity index (χ4n) is 0.666. The fraction of sp³-hybridized carbons (Fsp3) is 0.667. The number of hydrogen-bond donors (Lipinski definition) is 6. The maximum atomic E-state index is 10.1. The van der Waals surface area contributed by atoms with Crippen LogP contribution in [0.25, 0.3) is 0 Å². The van der Waals surface area contributed by atoms with Crippen LogP contribution in [0, 0.1) is 0 Å². The van der Waals surface area contributed by atoms with Crippen molar-refractivity contribution in [3.05, 3.63) is 0 Å². The summed E-state index contributed by atoms with van der Waals surface area (Å²) >= 11 is 0. The molecule has 0 saturated heterocycles. The van der Waals surface area contributed by atoms with E-state index in [0.29, 0.717) is 0 Å². The SMILES string of the molecule is O=C(O)[C@@H](O)[C@@H](O)[C@H](O)[C@@H](O)C(=O)O.[CaH2]. The van der Waals surface area contributed by atoms with Gasteiger partial charge in [-0.15, -0.1) is 0 Å². The second-order valence-corrected chi connectivity index (χ2v) is 2.55. The van der Waals surface area contributed by atoms with Gasteiger partial charge in [0, 0.05) is 0 Å². The molecule has 0 radical (unpaired) electrons. The zero-order valence-corrected chi connectivity index (χ0v) is 6.81. The number of carbonyl (C=O) groups is 2. The molecule has 0 rings (SSSR count). The maximum absolute atomic E-state index is 10.1. The van der Waals surface area contributed by atoms with Crippen LogP contribution in [0.1, 0.15) is 0 Å². The molecule has 0 aliphatic rings. The summed E-state index contributed by atoms with van der Waals surface area (Å²) in [6, 6.07) is 0. The van der Waals surface area contributed by atoms with Crippen molar-refractivity contribution in [2.75, 3.05) is 0 Å². The summed E-state index contributed by atoms with van der Waals surface area (Å²) in [7, 11) is 0. The summed E-state index contributed by atoms with van der Waals surface area (Å²) in [5.41, 5.74) is 0. The van der Waals surface area contributed by atoms with Crippen LogP contribution in [0.3, 0.4) is 0 Å². The number of rotatable bonds is 5. The van der Waals surface area contributed by atoms with E-state index < -0.39 is 36.4 Å². The molecule has 0 heterocycles. The minimum atomic E-state index is -2.36. The molecule has 0 fully saturated rings. The summed E-state index contributed by atoms with van der Waals surface area (Å²) in [6.07, 6.45) is -9.28. The molecule has 8 nitrogen and oxygen atoms in total. The first kappa shape index (κ1) is 17.4. The van der Waals surface area contributed by atoms with Crippen molar-refractivity contribution < 1.29 is 40.2 Å². The predicted molar refractivity (Wildman–Crippen MR) is 47.8 cm³/mol. The summed E-state index contributed by atoms with van der Waals surface area (Å²) in [5.74, 6) is -3.68. The Morgan fingerprint density at radius 2 is 0.933 bits per heavy atom. The van der Waals surface area contributed by atoms with Crippen molar-refractivity contribution in [2.45, 2.75) is 24.4 Å². The van der Waals surface area contributed by atoms with Gasteiger partial charge in [-0.3, -0.25) is 0 Å². The van der Waals surface area contributed by atoms with E-state index in [9.17, 15) is 9.59 Å². The van der Waals surface area contributed by atoms with Gasteiger partial charge in [-0.25, -0.2) is 9.59 Å². The molecule has 86 valence electrons. The van der Waals surface area contributed by atoms with Crippen molar-refractivity contribution >= 4 is 49.7 Å². The minimum absolute atomic E-state index is 0. The van der Waals surface area contributed by atoms with Gasteiger partial charge in [-0.05, 0) is 0 Å². The van der Waals surface area contributed by atoms with Crippen molar-refractivity contribution in [2.24, 2.45) is 0 Å². The third-order valence-corrected chi connectivity index (χ3v) is 1.50. The van der Waals surface area contributed by atoms with Crippen LogP contribution in [0.4, 0.5) is 0 Å². The first-order valence-electron chi connectivity index (χ1n) is 3.47. The zero-order valence-electron chi connectivity index (χ0n) is 6.81. The van der Waals surface area contributed by atoms with Crippen LogP contribution in [0.2, 0.25) is 0 Å². The molecule has 0 spiro atoms. The van der Waals surface area contributed by atoms with E-state index in [-0.39, 0.29) is 37.7 Å². The van der Waals surface area contributed by atoms with Gasteiger partial charge in [0.15, 0.2) is 12.2 Å². The summed E-state index contributed by atoms with van der Waals surface area (Å²) in [4.78, 5) is 20.2. The number of aliphatic hydroxyl groups excluding tert-OH is 4. The Labute approximate surface area is 114 Å². The Balaban J connectivity index is 0. The first-order valence-corrected chi connectivity index (χ1v) is 3.47. The van der Waals surface area contributed by atoms with E-state index in [4.69, 9.17) is 30.6 Å². The van der Waals surface area contributed by atoms with E-state index in [2.05, 4.69) is 0 Å². The molecule has 15 heavy (non-hydrogen) atoms. The number of aliphatic carboxylic acids is 2. The van der Waals surface area contributed by atoms with E-state index in [1.165, 1.54) is 0 Å². The topological polar surface area (TPSA) is 156 Å². The quantitative estimate of drug-likeness (QED) is 0.268. The molecule has 0 aliphatic heterocycles. The molecule has 0 bridgehead atoms. The number of carboxylic acid groups (broad SMARTS) is 2. The van der Waals surface area contributed by atoms with Gasteiger partial charge in [-0.1, -0.05) is 0 Å². The van der Waals surface area contributed by atoms with Gasteiger partial charge >= 0.3 is 49.7 Å². The molecule has 0 unspecified atom stereocenters. The molecule has 0 aliphatic carbocycles. The van der Waals surface area contributed by atoms with Gasteiger partial charge < -0.3 is 30.6 Å². The van der Waals surface area contributed by atoms with Gasteiger partial charge in [0.25, 0.3) is 0 Å². The predicted octanol–water partition coefficient (Wildman–Crippen LogP) is -4.32. The van der Waals surface area contributed by atoms with Crippen LogP contribution in [0.5, 0.6) is 0 Å². The van der Waals surface area contributed by atoms with Crippen LogP contribution >= 0.6 is 0 Å². The number of aliphatic hydroxyl groups is 4. The Hall–Kier alpha value is 0.0397. The Morgan fingerprint density at radius 3 is 1.07 bits per heavy atom. The average molecular weight is 252 g/mol. The molecule has 0 aromatic rings.